The molecule has 0 amide bonds. The third-order valence-electron chi connectivity index (χ3n) is 8.11. The number of pyridine rings is 2. The molecule has 2 aromatic heterocycles. The predicted molar refractivity (Wildman–Crippen MR) is 172 cm³/mol. The quantitative estimate of drug-likeness (QED) is 0.137. The van der Waals surface area contributed by atoms with Crippen LogP contribution in [0.2, 0.25) is 5.02 Å². The molecular weight excluding hydrogens is 540 g/mol. The van der Waals surface area contributed by atoms with E-state index in [1.807, 2.05) is 48.8 Å². The Hall–Kier alpha value is -3.13. The van der Waals surface area contributed by atoms with Crippen LogP contribution in [0.5, 0.6) is 0 Å². The largest absolute Gasteiger partial charge is 0.310 e. The van der Waals surface area contributed by atoms with Gasteiger partial charge in [0.25, 0.3) is 0 Å². The average molecular weight is 583 g/mol. The Morgan fingerprint density at radius 2 is 1.36 bits per heavy atom. The van der Waals surface area contributed by atoms with E-state index in [0.29, 0.717) is 17.9 Å². The van der Waals surface area contributed by atoms with Crippen molar-refractivity contribution in [2.45, 2.75) is 51.5 Å². The van der Waals surface area contributed by atoms with Gasteiger partial charge in [-0.25, -0.2) is 0 Å². The average Bonchev–Trinajstić information content (AvgIpc) is 3.83. The minimum absolute atomic E-state index is 0.484. The Balaban J connectivity index is 1.07. The molecule has 7 heteroatoms. The highest BCUT2D eigenvalue weighted by atomic mass is 35.5. The van der Waals surface area contributed by atoms with Crippen molar-refractivity contribution in [3.8, 4) is 0 Å². The first kappa shape index (κ1) is 30.3. The van der Waals surface area contributed by atoms with Crippen molar-refractivity contribution in [2.75, 3.05) is 26.2 Å². The number of benzene rings is 2. The van der Waals surface area contributed by atoms with E-state index in [9.17, 15) is 0 Å². The minimum atomic E-state index is 0.484. The van der Waals surface area contributed by atoms with Crippen LogP contribution in [0.3, 0.4) is 0 Å². The Kier molecular flexibility index (Phi) is 11.5. The van der Waals surface area contributed by atoms with Gasteiger partial charge in [-0.05, 0) is 78.3 Å². The molecule has 3 atom stereocenters. The number of rotatable bonds is 17. The maximum atomic E-state index is 6.07. The van der Waals surface area contributed by atoms with E-state index in [0.717, 1.165) is 68.8 Å². The molecule has 1 aliphatic rings. The monoisotopic (exact) mass is 582 g/mol. The van der Waals surface area contributed by atoms with Crippen molar-refractivity contribution in [1.29, 1.82) is 0 Å². The van der Waals surface area contributed by atoms with E-state index >= 15 is 0 Å². The third kappa shape index (κ3) is 9.72. The van der Waals surface area contributed by atoms with Crippen LogP contribution < -0.4 is 16.0 Å². The highest BCUT2D eigenvalue weighted by Crippen LogP contribution is 2.49. The van der Waals surface area contributed by atoms with Gasteiger partial charge in [0.1, 0.15) is 0 Å². The number of halogens is 1. The molecule has 4 aromatic rings. The van der Waals surface area contributed by atoms with Gasteiger partial charge < -0.3 is 16.0 Å². The molecule has 220 valence electrons. The maximum absolute atomic E-state index is 6.07. The van der Waals surface area contributed by atoms with Gasteiger partial charge in [0, 0.05) is 75.8 Å². The lowest BCUT2D eigenvalue weighted by molar-refractivity contribution is 0.263. The number of nitrogens with zero attached hydrogens (tertiary/aromatic N) is 3. The van der Waals surface area contributed by atoms with Gasteiger partial charge in [0.2, 0.25) is 0 Å². The predicted octanol–water partition coefficient (Wildman–Crippen LogP) is 5.79. The van der Waals surface area contributed by atoms with Crippen LogP contribution in [0.15, 0.2) is 97.3 Å². The van der Waals surface area contributed by atoms with E-state index in [-0.39, 0.29) is 0 Å². The summed E-state index contributed by atoms with van der Waals surface area (Å²) in [6.45, 7) is 9.46. The van der Waals surface area contributed by atoms with Gasteiger partial charge >= 0.3 is 0 Å². The molecule has 3 unspecified atom stereocenters. The maximum Gasteiger partial charge on any atom is 0.0541 e. The highest BCUT2D eigenvalue weighted by molar-refractivity contribution is 6.30. The Morgan fingerprint density at radius 1 is 0.762 bits per heavy atom. The zero-order valence-electron chi connectivity index (χ0n) is 24.6. The molecule has 6 nitrogen and oxygen atoms in total. The summed E-state index contributed by atoms with van der Waals surface area (Å²) < 4.78 is 0. The van der Waals surface area contributed by atoms with Crippen LogP contribution >= 0.6 is 11.6 Å². The SMILES string of the molecule is CC(NCc1ccc(CN(CCNCc2ccccn2)CCNCc2ccccn2)cc1)C1CC1c1ccc(Cl)cc1. The standard InChI is InChI=1S/C35H43ClN6/c1-27(34-22-35(34)30-12-14-31(36)15-13-30)41-23-28-8-10-29(11-9-28)26-42(20-18-37-24-32-6-2-4-16-39-32)21-19-38-25-33-7-3-5-17-40-33/h2-17,27,34-35,37-38,41H,18-26H2,1H3. The zero-order valence-corrected chi connectivity index (χ0v) is 25.3. The molecular formula is C35H43ClN6. The van der Waals surface area contributed by atoms with Gasteiger partial charge in [-0.15, -0.1) is 0 Å². The second-order valence-corrected chi connectivity index (χ2v) is 11.8. The summed E-state index contributed by atoms with van der Waals surface area (Å²) in [6, 6.07) is 30.1. The van der Waals surface area contributed by atoms with Gasteiger partial charge in [-0.1, -0.05) is 60.1 Å². The molecule has 1 saturated carbocycles. The summed E-state index contributed by atoms with van der Waals surface area (Å²) in [5.74, 6) is 1.34. The number of hydrogen-bond acceptors (Lipinski definition) is 6. The topological polar surface area (TPSA) is 65.1 Å². The summed E-state index contributed by atoms with van der Waals surface area (Å²) in [5, 5.41) is 11.7. The first-order valence-electron chi connectivity index (χ1n) is 15.1. The van der Waals surface area contributed by atoms with Crippen LogP contribution in [-0.4, -0.2) is 47.1 Å². The van der Waals surface area contributed by atoms with Gasteiger partial charge in [0.15, 0.2) is 0 Å². The molecule has 0 bridgehead atoms. The fourth-order valence-corrected chi connectivity index (χ4v) is 5.62. The van der Waals surface area contributed by atoms with Crippen LogP contribution in [0.25, 0.3) is 0 Å². The minimum Gasteiger partial charge on any atom is -0.310 e. The molecule has 3 N–H and O–H groups in total. The molecule has 0 saturated heterocycles. The number of nitrogens with one attached hydrogen (secondary N) is 3. The molecule has 1 fully saturated rings. The second-order valence-electron chi connectivity index (χ2n) is 11.3. The number of hydrogen-bond donors (Lipinski definition) is 3. The Labute approximate surface area is 255 Å². The second kappa shape index (κ2) is 15.9. The van der Waals surface area contributed by atoms with Crippen molar-refractivity contribution in [3.05, 3.63) is 130 Å². The van der Waals surface area contributed by atoms with Crippen LogP contribution in [-0.2, 0) is 26.2 Å². The Bertz CT molecular complexity index is 1270. The summed E-state index contributed by atoms with van der Waals surface area (Å²) in [7, 11) is 0. The van der Waals surface area contributed by atoms with Crippen LogP contribution in [0, 0.1) is 5.92 Å². The summed E-state index contributed by atoms with van der Waals surface area (Å²) in [6.07, 6.45) is 4.94. The summed E-state index contributed by atoms with van der Waals surface area (Å²) >= 11 is 6.07. The molecule has 42 heavy (non-hydrogen) atoms. The van der Waals surface area contributed by atoms with E-state index in [1.165, 1.54) is 23.1 Å². The summed E-state index contributed by atoms with van der Waals surface area (Å²) in [4.78, 5) is 11.3. The molecule has 0 spiro atoms. The van der Waals surface area contributed by atoms with Gasteiger partial charge in [-0.3, -0.25) is 14.9 Å². The van der Waals surface area contributed by atoms with E-state index in [4.69, 9.17) is 11.6 Å². The molecule has 2 heterocycles. The lowest BCUT2D eigenvalue weighted by Gasteiger charge is -2.23. The van der Waals surface area contributed by atoms with Gasteiger partial charge in [0.05, 0.1) is 11.4 Å². The summed E-state index contributed by atoms with van der Waals surface area (Å²) in [5.41, 5.74) is 6.22. The van der Waals surface area contributed by atoms with Crippen molar-refractivity contribution in [3.63, 3.8) is 0 Å². The zero-order chi connectivity index (χ0) is 29.0. The van der Waals surface area contributed by atoms with E-state index in [1.54, 1.807) is 0 Å². The highest BCUT2D eigenvalue weighted by Gasteiger charge is 2.41. The van der Waals surface area contributed by atoms with E-state index in [2.05, 4.69) is 86.3 Å². The van der Waals surface area contributed by atoms with Crippen molar-refractivity contribution >= 4 is 11.6 Å². The normalized spacial score (nSPS) is 16.9. The van der Waals surface area contributed by atoms with Crippen molar-refractivity contribution in [1.82, 2.24) is 30.8 Å². The Morgan fingerprint density at radius 3 is 1.93 bits per heavy atom. The van der Waals surface area contributed by atoms with Gasteiger partial charge in [-0.2, -0.15) is 0 Å². The lowest BCUT2D eigenvalue weighted by Crippen LogP contribution is -2.36. The lowest BCUT2D eigenvalue weighted by atomic mass is 10.1. The molecule has 5 rings (SSSR count). The van der Waals surface area contributed by atoms with Crippen molar-refractivity contribution < 1.29 is 0 Å². The first-order chi connectivity index (χ1) is 20.6. The molecule has 0 aliphatic heterocycles. The molecule has 0 radical (unpaired) electrons. The van der Waals surface area contributed by atoms with E-state index < -0.39 is 0 Å². The third-order valence-corrected chi connectivity index (χ3v) is 8.36. The fraction of sp³-hybridized carbons (Fsp3) is 0.371. The first-order valence-corrected chi connectivity index (χ1v) is 15.5. The van der Waals surface area contributed by atoms with Crippen molar-refractivity contribution in [2.24, 2.45) is 5.92 Å². The smallest absolute Gasteiger partial charge is 0.0541 e. The number of aromatic nitrogens is 2. The molecule has 1 aliphatic carbocycles. The fourth-order valence-electron chi connectivity index (χ4n) is 5.49. The molecule has 2 aromatic carbocycles. The van der Waals surface area contributed by atoms with Crippen LogP contribution in [0.4, 0.5) is 0 Å². The van der Waals surface area contributed by atoms with Crippen LogP contribution in [0.1, 0.15) is 47.3 Å².